The number of halogens is 1. The lowest BCUT2D eigenvalue weighted by Crippen LogP contribution is -2.15. The molecule has 0 saturated carbocycles. The van der Waals surface area contributed by atoms with Crippen LogP contribution < -0.4 is 9.47 Å². The molecule has 25 heavy (non-hydrogen) atoms. The zero-order chi connectivity index (χ0) is 17.8. The van der Waals surface area contributed by atoms with E-state index in [-0.39, 0.29) is 6.61 Å². The van der Waals surface area contributed by atoms with E-state index in [1.807, 2.05) is 30.3 Å². The molecule has 0 aliphatic carbocycles. The Morgan fingerprint density at radius 2 is 2.04 bits per heavy atom. The number of benzene rings is 2. The minimum absolute atomic E-state index is 0.180. The highest BCUT2D eigenvalue weighted by atomic mass is 79.9. The maximum absolute atomic E-state index is 11.5. The summed E-state index contributed by atoms with van der Waals surface area (Å²) in [6, 6.07) is 11.4. The van der Waals surface area contributed by atoms with E-state index in [1.165, 1.54) is 0 Å². The molecule has 0 aliphatic heterocycles. The van der Waals surface area contributed by atoms with E-state index < -0.39 is 5.97 Å². The molecule has 2 aromatic carbocycles. The van der Waals surface area contributed by atoms with Crippen LogP contribution in [0.25, 0.3) is 22.4 Å². The number of ether oxygens (including phenoxy) is 3. The van der Waals surface area contributed by atoms with Crippen molar-refractivity contribution in [2.75, 3.05) is 20.3 Å². The molecule has 3 aromatic rings. The predicted octanol–water partition coefficient (Wildman–Crippen LogP) is 3.94. The lowest BCUT2D eigenvalue weighted by Gasteiger charge is -2.12. The van der Waals surface area contributed by atoms with Crippen LogP contribution in [-0.2, 0) is 9.53 Å². The number of rotatable bonds is 6. The third-order valence-electron chi connectivity index (χ3n) is 3.55. The summed E-state index contributed by atoms with van der Waals surface area (Å²) < 4.78 is 16.5. The summed E-state index contributed by atoms with van der Waals surface area (Å²) >= 11 is 3.53. The maximum atomic E-state index is 11.5. The highest BCUT2D eigenvalue weighted by Crippen LogP contribution is 2.38. The predicted molar refractivity (Wildman–Crippen MR) is 97.9 cm³/mol. The molecule has 0 fully saturated rings. The second-order valence-corrected chi connectivity index (χ2v) is 6.03. The van der Waals surface area contributed by atoms with Gasteiger partial charge in [0.1, 0.15) is 5.82 Å². The van der Waals surface area contributed by atoms with Gasteiger partial charge in [-0.3, -0.25) is 0 Å². The molecule has 7 heteroatoms. The van der Waals surface area contributed by atoms with Gasteiger partial charge in [0.05, 0.1) is 24.8 Å². The molecule has 1 heterocycles. The third-order valence-corrected chi connectivity index (χ3v) is 4.20. The number of para-hydroxylation sites is 2. The molecule has 0 spiro atoms. The number of aromatic amines is 1. The van der Waals surface area contributed by atoms with Crippen molar-refractivity contribution in [3.8, 4) is 22.9 Å². The van der Waals surface area contributed by atoms with E-state index in [0.29, 0.717) is 23.9 Å². The van der Waals surface area contributed by atoms with E-state index >= 15 is 0 Å². The Hall–Kier alpha value is -2.54. The topological polar surface area (TPSA) is 73.4 Å². The summed E-state index contributed by atoms with van der Waals surface area (Å²) in [4.78, 5) is 19.3. The smallest absolute Gasteiger partial charge is 0.344 e. The zero-order valence-electron chi connectivity index (χ0n) is 13.8. The van der Waals surface area contributed by atoms with Gasteiger partial charge in [-0.05, 0) is 47.1 Å². The van der Waals surface area contributed by atoms with Crippen LogP contribution in [-0.4, -0.2) is 36.3 Å². The molecule has 0 unspecified atom stereocenters. The van der Waals surface area contributed by atoms with Gasteiger partial charge in [0.25, 0.3) is 0 Å². The average molecular weight is 405 g/mol. The Balaban J connectivity index is 1.92. The van der Waals surface area contributed by atoms with E-state index in [9.17, 15) is 4.79 Å². The van der Waals surface area contributed by atoms with Crippen molar-refractivity contribution in [2.24, 2.45) is 0 Å². The molecule has 0 bridgehead atoms. The SMILES string of the molecule is CCOC(=O)COc1cc(Br)c(-c2nc3ccccc3[nH]2)cc1OC. The zero-order valence-corrected chi connectivity index (χ0v) is 15.4. The van der Waals surface area contributed by atoms with Crippen LogP contribution in [0, 0.1) is 0 Å². The van der Waals surface area contributed by atoms with E-state index in [4.69, 9.17) is 14.2 Å². The number of carbonyl (C=O) groups is 1. The number of nitrogens with one attached hydrogen (secondary N) is 1. The summed E-state index contributed by atoms with van der Waals surface area (Å²) in [5.74, 6) is 1.23. The molecular weight excluding hydrogens is 388 g/mol. The van der Waals surface area contributed by atoms with Gasteiger partial charge in [-0.2, -0.15) is 0 Å². The molecule has 1 aromatic heterocycles. The quantitative estimate of drug-likeness (QED) is 0.629. The lowest BCUT2D eigenvalue weighted by atomic mass is 10.2. The molecular formula is C18H17BrN2O4. The molecule has 0 amide bonds. The fourth-order valence-electron chi connectivity index (χ4n) is 2.41. The number of imidazole rings is 1. The number of nitrogens with zero attached hydrogens (tertiary/aromatic N) is 1. The number of esters is 1. The second-order valence-electron chi connectivity index (χ2n) is 5.18. The van der Waals surface area contributed by atoms with Crippen LogP contribution in [0.4, 0.5) is 0 Å². The van der Waals surface area contributed by atoms with Gasteiger partial charge in [-0.15, -0.1) is 0 Å². The van der Waals surface area contributed by atoms with Gasteiger partial charge >= 0.3 is 5.97 Å². The number of aromatic nitrogens is 2. The van der Waals surface area contributed by atoms with Crippen LogP contribution in [0.3, 0.4) is 0 Å². The molecule has 3 rings (SSSR count). The first-order chi connectivity index (χ1) is 12.1. The van der Waals surface area contributed by atoms with E-state index in [0.717, 1.165) is 21.1 Å². The van der Waals surface area contributed by atoms with Crippen molar-refractivity contribution in [1.82, 2.24) is 9.97 Å². The third kappa shape index (κ3) is 3.76. The highest BCUT2D eigenvalue weighted by molar-refractivity contribution is 9.10. The van der Waals surface area contributed by atoms with Gasteiger partial charge < -0.3 is 19.2 Å². The summed E-state index contributed by atoms with van der Waals surface area (Å²) in [6.07, 6.45) is 0. The van der Waals surface area contributed by atoms with Gasteiger partial charge in [-0.25, -0.2) is 9.78 Å². The Morgan fingerprint density at radius 1 is 1.24 bits per heavy atom. The van der Waals surface area contributed by atoms with Crippen molar-refractivity contribution in [1.29, 1.82) is 0 Å². The highest BCUT2D eigenvalue weighted by Gasteiger charge is 2.15. The molecule has 0 aliphatic rings. The molecule has 0 radical (unpaired) electrons. The first-order valence-corrected chi connectivity index (χ1v) is 8.52. The second kappa shape index (κ2) is 7.57. The number of hydrogen-bond donors (Lipinski definition) is 1. The fourth-order valence-corrected chi connectivity index (χ4v) is 2.92. The van der Waals surface area contributed by atoms with Crippen molar-refractivity contribution in [3.05, 3.63) is 40.9 Å². The summed E-state index contributed by atoms with van der Waals surface area (Å²) in [7, 11) is 1.54. The minimum Gasteiger partial charge on any atom is -0.493 e. The van der Waals surface area contributed by atoms with Gasteiger partial charge in [-0.1, -0.05) is 12.1 Å². The number of methoxy groups -OCH3 is 1. The normalized spacial score (nSPS) is 10.7. The van der Waals surface area contributed by atoms with Crippen LogP contribution in [0.1, 0.15) is 6.92 Å². The van der Waals surface area contributed by atoms with E-state index in [2.05, 4.69) is 25.9 Å². The maximum Gasteiger partial charge on any atom is 0.344 e. The number of hydrogen-bond acceptors (Lipinski definition) is 5. The molecule has 0 saturated heterocycles. The Kier molecular flexibility index (Phi) is 5.23. The van der Waals surface area contributed by atoms with Crippen LogP contribution in [0.15, 0.2) is 40.9 Å². The van der Waals surface area contributed by atoms with Crippen molar-refractivity contribution < 1.29 is 19.0 Å². The first kappa shape index (κ1) is 17.3. The van der Waals surface area contributed by atoms with Gasteiger partial charge in [0.2, 0.25) is 0 Å². The Bertz CT molecular complexity index is 874. The molecule has 130 valence electrons. The molecule has 1 N–H and O–H groups in total. The van der Waals surface area contributed by atoms with Crippen LogP contribution >= 0.6 is 15.9 Å². The largest absolute Gasteiger partial charge is 0.493 e. The molecule has 0 atom stereocenters. The van der Waals surface area contributed by atoms with E-state index in [1.54, 1.807) is 20.1 Å². The van der Waals surface area contributed by atoms with Crippen molar-refractivity contribution >= 4 is 32.9 Å². The lowest BCUT2D eigenvalue weighted by molar-refractivity contribution is -0.145. The van der Waals surface area contributed by atoms with Crippen molar-refractivity contribution in [3.63, 3.8) is 0 Å². The average Bonchev–Trinajstić information content (AvgIpc) is 3.04. The molecule has 6 nitrogen and oxygen atoms in total. The Labute approximate surface area is 153 Å². The van der Waals surface area contributed by atoms with Crippen molar-refractivity contribution in [2.45, 2.75) is 6.92 Å². The summed E-state index contributed by atoms with van der Waals surface area (Å²) in [5, 5.41) is 0. The number of carbonyl (C=O) groups excluding carboxylic acids is 1. The minimum atomic E-state index is -0.429. The summed E-state index contributed by atoms with van der Waals surface area (Å²) in [5.41, 5.74) is 2.66. The standard InChI is InChI=1S/C18H17BrN2O4/c1-3-24-17(22)10-25-16-9-12(19)11(8-15(16)23-2)18-20-13-6-4-5-7-14(13)21-18/h4-9H,3,10H2,1-2H3,(H,20,21). The van der Waals surface area contributed by atoms with Crippen LogP contribution in [0.2, 0.25) is 0 Å². The van der Waals surface area contributed by atoms with Gasteiger partial charge in [0, 0.05) is 10.0 Å². The van der Waals surface area contributed by atoms with Gasteiger partial charge in [0.15, 0.2) is 18.1 Å². The summed E-state index contributed by atoms with van der Waals surface area (Å²) in [6.45, 7) is 1.88. The first-order valence-electron chi connectivity index (χ1n) is 7.73. The monoisotopic (exact) mass is 404 g/mol. The number of H-pyrrole nitrogens is 1. The fraction of sp³-hybridized carbons (Fsp3) is 0.222. The Morgan fingerprint density at radius 3 is 2.76 bits per heavy atom. The number of fused-ring (bicyclic) bond motifs is 1. The van der Waals surface area contributed by atoms with Crippen LogP contribution in [0.5, 0.6) is 11.5 Å².